The lowest BCUT2D eigenvalue weighted by Gasteiger charge is -2.09. The highest BCUT2D eigenvalue weighted by atomic mass is 16.5. The van der Waals surface area contributed by atoms with Crippen LogP contribution in [0.25, 0.3) is 0 Å². The maximum absolute atomic E-state index is 12.0. The Hall–Kier alpha value is -3.93. The number of ether oxygens (including phenoxy) is 1. The molecule has 0 radical (unpaired) electrons. The first kappa shape index (κ1) is 22.7. The molecule has 0 fully saturated rings. The SMILES string of the molecule is CC(C)c1ccc(CNC(=O)C(=O)N/N=C\c2ccccc2OCc2ccccc2)cc1. The van der Waals surface area contributed by atoms with Gasteiger partial charge in [-0.05, 0) is 34.7 Å². The van der Waals surface area contributed by atoms with Crippen molar-refractivity contribution in [2.24, 2.45) is 5.10 Å². The Kier molecular flexibility index (Phi) is 8.15. The molecule has 0 aromatic heterocycles. The smallest absolute Gasteiger partial charge is 0.329 e. The first-order valence-corrected chi connectivity index (χ1v) is 10.5. The van der Waals surface area contributed by atoms with Crippen LogP contribution in [0.5, 0.6) is 5.75 Å². The predicted molar refractivity (Wildman–Crippen MR) is 125 cm³/mol. The lowest BCUT2D eigenvalue weighted by Crippen LogP contribution is -2.37. The van der Waals surface area contributed by atoms with E-state index >= 15 is 0 Å². The van der Waals surface area contributed by atoms with Crippen molar-refractivity contribution in [2.75, 3.05) is 0 Å². The number of hydrazone groups is 1. The third kappa shape index (κ3) is 6.80. The Balaban J connectivity index is 1.49. The molecule has 0 spiro atoms. The topological polar surface area (TPSA) is 79.8 Å². The fraction of sp³-hybridized carbons (Fsp3) is 0.192. The molecule has 6 nitrogen and oxygen atoms in total. The van der Waals surface area contributed by atoms with Gasteiger partial charge in [0.1, 0.15) is 12.4 Å². The van der Waals surface area contributed by atoms with E-state index in [0.29, 0.717) is 23.8 Å². The molecular formula is C26H27N3O3. The first-order chi connectivity index (χ1) is 15.5. The first-order valence-electron chi connectivity index (χ1n) is 10.5. The van der Waals surface area contributed by atoms with Crippen molar-refractivity contribution in [3.63, 3.8) is 0 Å². The number of nitrogens with zero attached hydrogens (tertiary/aromatic N) is 1. The standard InChI is InChI=1S/C26H27N3O3/c1-19(2)22-14-12-20(13-15-22)16-27-25(30)26(31)29-28-17-23-10-6-7-11-24(23)32-18-21-8-4-3-5-9-21/h3-15,17,19H,16,18H2,1-2H3,(H,27,30)(H,29,31)/b28-17-. The molecule has 0 aliphatic rings. The summed E-state index contributed by atoms with van der Waals surface area (Å²) < 4.78 is 5.86. The van der Waals surface area contributed by atoms with Crippen LogP contribution in [-0.2, 0) is 22.7 Å². The number of benzene rings is 3. The molecule has 2 amide bonds. The molecular weight excluding hydrogens is 402 g/mol. The van der Waals surface area contributed by atoms with Crippen molar-refractivity contribution in [1.82, 2.24) is 10.7 Å². The molecule has 0 saturated carbocycles. The van der Waals surface area contributed by atoms with Crippen LogP contribution in [0.15, 0.2) is 84.0 Å². The molecule has 3 aromatic carbocycles. The summed E-state index contributed by atoms with van der Waals surface area (Å²) in [6.07, 6.45) is 1.45. The lowest BCUT2D eigenvalue weighted by molar-refractivity contribution is -0.139. The number of hydrogen-bond donors (Lipinski definition) is 2. The average molecular weight is 430 g/mol. The lowest BCUT2D eigenvalue weighted by atomic mass is 10.0. The van der Waals surface area contributed by atoms with Gasteiger partial charge >= 0.3 is 11.8 Å². The van der Waals surface area contributed by atoms with E-state index in [1.54, 1.807) is 0 Å². The molecule has 2 N–H and O–H groups in total. The van der Waals surface area contributed by atoms with E-state index in [9.17, 15) is 9.59 Å². The summed E-state index contributed by atoms with van der Waals surface area (Å²) in [6.45, 7) is 4.92. The van der Waals surface area contributed by atoms with Crippen LogP contribution in [0.1, 0.15) is 42.0 Å². The van der Waals surface area contributed by atoms with Crippen LogP contribution in [0.4, 0.5) is 0 Å². The molecule has 0 heterocycles. The van der Waals surface area contributed by atoms with Crippen LogP contribution < -0.4 is 15.5 Å². The maximum atomic E-state index is 12.0. The molecule has 164 valence electrons. The molecule has 3 rings (SSSR count). The van der Waals surface area contributed by atoms with E-state index in [4.69, 9.17) is 4.74 Å². The second-order valence-electron chi connectivity index (χ2n) is 7.59. The van der Waals surface area contributed by atoms with Gasteiger partial charge in [-0.1, -0.05) is 80.6 Å². The van der Waals surface area contributed by atoms with Gasteiger partial charge in [0.2, 0.25) is 0 Å². The number of hydrogen-bond acceptors (Lipinski definition) is 4. The van der Waals surface area contributed by atoms with Gasteiger partial charge in [0, 0.05) is 12.1 Å². The summed E-state index contributed by atoms with van der Waals surface area (Å²) >= 11 is 0. The molecule has 0 aliphatic carbocycles. The van der Waals surface area contributed by atoms with E-state index in [1.165, 1.54) is 11.8 Å². The number of nitrogens with one attached hydrogen (secondary N) is 2. The summed E-state index contributed by atoms with van der Waals surface area (Å²) in [4.78, 5) is 24.1. The van der Waals surface area contributed by atoms with Gasteiger partial charge in [-0.3, -0.25) is 9.59 Å². The fourth-order valence-corrected chi connectivity index (χ4v) is 2.95. The summed E-state index contributed by atoms with van der Waals surface area (Å²) in [5, 5.41) is 6.50. The zero-order valence-corrected chi connectivity index (χ0v) is 18.2. The minimum Gasteiger partial charge on any atom is -0.488 e. The molecule has 0 aliphatic heterocycles. The van der Waals surface area contributed by atoms with Gasteiger partial charge in [0.05, 0.1) is 6.21 Å². The van der Waals surface area contributed by atoms with Crippen molar-refractivity contribution >= 4 is 18.0 Å². The van der Waals surface area contributed by atoms with Crippen LogP contribution in [0.3, 0.4) is 0 Å². The highest BCUT2D eigenvalue weighted by Gasteiger charge is 2.12. The number of carbonyl (C=O) groups is 2. The average Bonchev–Trinajstić information content (AvgIpc) is 2.82. The Morgan fingerprint density at radius 2 is 1.56 bits per heavy atom. The summed E-state index contributed by atoms with van der Waals surface area (Å²) in [5.41, 5.74) is 6.13. The molecule has 0 atom stereocenters. The Morgan fingerprint density at radius 1 is 0.875 bits per heavy atom. The maximum Gasteiger partial charge on any atom is 0.329 e. The highest BCUT2D eigenvalue weighted by Crippen LogP contribution is 2.17. The zero-order chi connectivity index (χ0) is 22.8. The fourth-order valence-electron chi connectivity index (χ4n) is 2.95. The van der Waals surface area contributed by atoms with Gasteiger partial charge in [-0.2, -0.15) is 5.10 Å². The second-order valence-corrected chi connectivity index (χ2v) is 7.59. The summed E-state index contributed by atoms with van der Waals surface area (Å²) in [6, 6.07) is 25.1. The van der Waals surface area contributed by atoms with Crippen LogP contribution >= 0.6 is 0 Å². The van der Waals surface area contributed by atoms with Crippen molar-refractivity contribution in [3.05, 3.63) is 101 Å². The van der Waals surface area contributed by atoms with Gasteiger partial charge < -0.3 is 10.1 Å². The molecule has 3 aromatic rings. The molecule has 0 saturated heterocycles. The van der Waals surface area contributed by atoms with E-state index < -0.39 is 11.8 Å². The predicted octanol–water partition coefficient (Wildman–Crippen LogP) is 4.16. The second kappa shape index (κ2) is 11.5. The Labute approximate surface area is 188 Å². The Bertz CT molecular complexity index is 1060. The van der Waals surface area contributed by atoms with Crippen molar-refractivity contribution < 1.29 is 14.3 Å². The van der Waals surface area contributed by atoms with Gasteiger partial charge in [0.25, 0.3) is 0 Å². The summed E-state index contributed by atoms with van der Waals surface area (Å²) in [5.74, 6) is -0.508. The minimum atomic E-state index is -0.831. The van der Waals surface area contributed by atoms with Gasteiger partial charge in [-0.15, -0.1) is 0 Å². The monoisotopic (exact) mass is 429 g/mol. The minimum absolute atomic E-state index is 0.268. The third-order valence-electron chi connectivity index (χ3n) is 4.83. The van der Waals surface area contributed by atoms with Gasteiger partial charge in [0.15, 0.2) is 0 Å². The summed E-state index contributed by atoms with van der Waals surface area (Å²) in [7, 11) is 0. The third-order valence-corrected chi connectivity index (χ3v) is 4.83. The molecule has 0 bridgehead atoms. The van der Waals surface area contributed by atoms with E-state index in [2.05, 4.69) is 29.7 Å². The number of rotatable bonds is 8. The van der Waals surface area contributed by atoms with Crippen molar-refractivity contribution in [2.45, 2.75) is 32.9 Å². The highest BCUT2D eigenvalue weighted by molar-refractivity contribution is 6.35. The molecule has 32 heavy (non-hydrogen) atoms. The van der Waals surface area contributed by atoms with Crippen LogP contribution in [0, 0.1) is 0 Å². The van der Waals surface area contributed by atoms with E-state index in [-0.39, 0.29) is 6.54 Å². The quantitative estimate of drug-likeness (QED) is 0.321. The normalized spacial score (nSPS) is 10.8. The Morgan fingerprint density at radius 3 is 2.28 bits per heavy atom. The van der Waals surface area contributed by atoms with Crippen molar-refractivity contribution in [1.29, 1.82) is 0 Å². The molecule has 0 unspecified atom stereocenters. The van der Waals surface area contributed by atoms with Gasteiger partial charge in [-0.25, -0.2) is 5.43 Å². The number of amides is 2. The number of carbonyl (C=O) groups excluding carboxylic acids is 2. The van der Waals surface area contributed by atoms with Crippen LogP contribution in [0.2, 0.25) is 0 Å². The molecule has 6 heteroatoms. The van der Waals surface area contributed by atoms with Crippen LogP contribution in [-0.4, -0.2) is 18.0 Å². The van der Waals surface area contributed by atoms with E-state index in [0.717, 1.165) is 11.1 Å². The largest absolute Gasteiger partial charge is 0.488 e. The zero-order valence-electron chi connectivity index (χ0n) is 18.2. The number of para-hydroxylation sites is 1. The van der Waals surface area contributed by atoms with Crippen molar-refractivity contribution in [3.8, 4) is 5.75 Å². The van der Waals surface area contributed by atoms with E-state index in [1.807, 2.05) is 78.9 Å².